The van der Waals surface area contributed by atoms with Crippen LogP contribution in [0.4, 0.5) is 8.78 Å². The van der Waals surface area contributed by atoms with Gasteiger partial charge in [0.15, 0.2) is 11.6 Å². The van der Waals surface area contributed by atoms with Crippen molar-refractivity contribution in [2.45, 2.75) is 31.3 Å². The van der Waals surface area contributed by atoms with Crippen LogP contribution >= 0.6 is 0 Å². The molecule has 0 unspecified atom stereocenters. The third kappa shape index (κ3) is 3.47. The van der Waals surface area contributed by atoms with E-state index in [9.17, 15) is 17.2 Å². The molecule has 0 fully saturated rings. The largest absolute Gasteiger partial charge is 0.316 e. The van der Waals surface area contributed by atoms with E-state index in [-0.39, 0.29) is 6.54 Å². The number of sulfonamides is 1. The van der Waals surface area contributed by atoms with E-state index in [1.54, 1.807) is 20.9 Å². The molecule has 0 heterocycles. The number of nitrogens with one attached hydrogen (secondary N) is 2. The molecule has 4 nitrogen and oxygen atoms in total. The van der Waals surface area contributed by atoms with Crippen LogP contribution in [0, 0.1) is 11.6 Å². The topological polar surface area (TPSA) is 58.2 Å². The van der Waals surface area contributed by atoms with Crippen LogP contribution in [-0.2, 0) is 16.6 Å². The molecule has 0 saturated heterocycles. The lowest BCUT2D eigenvalue weighted by Gasteiger charge is -2.12. The molecule has 0 aromatic heterocycles. The Morgan fingerprint density at radius 2 is 1.89 bits per heavy atom. The predicted octanol–water partition coefficient (Wildman–Crippen LogP) is 1.37. The molecule has 7 heteroatoms. The molecule has 0 atom stereocenters. The van der Waals surface area contributed by atoms with E-state index in [1.165, 1.54) is 0 Å². The Kier molecular flexibility index (Phi) is 4.78. The quantitative estimate of drug-likeness (QED) is 0.855. The summed E-state index contributed by atoms with van der Waals surface area (Å²) < 4.78 is 52.8. The van der Waals surface area contributed by atoms with E-state index in [0.29, 0.717) is 5.56 Å². The monoisotopic (exact) mass is 278 g/mol. The van der Waals surface area contributed by atoms with Crippen LogP contribution in [-0.4, -0.2) is 21.5 Å². The SMILES string of the molecule is CNCc1cc(F)c(F)c(S(=O)(=O)NC(C)C)c1. The zero-order chi connectivity index (χ0) is 13.9. The molecule has 0 radical (unpaired) electrons. The Morgan fingerprint density at radius 1 is 1.28 bits per heavy atom. The minimum atomic E-state index is -4.05. The van der Waals surface area contributed by atoms with Crippen molar-refractivity contribution in [1.82, 2.24) is 10.0 Å². The molecule has 0 bridgehead atoms. The highest BCUT2D eigenvalue weighted by Gasteiger charge is 2.23. The summed E-state index contributed by atoms with van der Waals surface area (Å²) in [5, 5.41) is 2.75. The van der Waals surface area contributed by atoms with E-state index in [4.69, 9.17) is 0 Å². The van der Waals surface area contributed by atoms with E-state index in [0.717, 1.165) is 12.1 Å². The second-order valence-electron chi connectivity index (χ2n) is 4.20. The standard InChI is InChI=1S/C11H16F2N2O2S/c1-7(2)15-18(16,17)10-5-8(6-14-3)4-9(12)11(10)13/h4-5,7,14-15H,6H2,1-3H3. The Bertz CT molecular complexity index is 530. The van der Waals surface area contributed by atoms with Gasteiger partial charge in [-0.2, -0.15) is 0 Å². The maximum Gasteiger partial charge on any atom is 0.243 e. The predicted molar refractivity (Wildman–Crippen MR) is 64.6 cm³/mol. The number of rotatable bonds is 5. The molecule has 18 heavy (non-hydrogen) atoms. The fourth-order valence-electron chi connectivity index (χ4n) is 1.49. The summed E-state index contributed by atoms with van der Waals surface area (Å²) in [7, 11) is -2.42. The van der Waals surface area contributed by atoms with Gasteiger partial charge in [-0.25, -0.2) is 21.9 Å². The third-order valence-electron chi connectivity index (χ3n) is 2.12. The maximum atomic E-state index is 13.6. The van der Waals surface area contributed by atoms with Crippen molar-refractivity contribution >= 4 is 10.0 Å². The molecule has 1 rings (SSSR count). The molecule has 0 aliphatic rings. The van der Waals surface area contributed by atoms with Gasteiger partial charge in [0, 0.05) is 12.6 Å². The van der Waals surface area contributed by atoms with E-state index < -0.39 is 32.6 Å². The summed E-state index contributed by atoms with van der Waals surface area (Å²) in [5.74, 6) is -2.53. The first-order chi connectivity index (χ1) is 8.27. The highest BCUT2D eigenvalue weighted by Crippen LogP contribution is 2.20. The van der Waals surface area contributed by atoms with Crippen LogP contribution in [0.25, 0.3) is 0 Å². The second-order valence-corrected chi connectivity index (χ2v) is 5.88. The highest BCUT2D eigenvalue weighted by atomic mass is 32.2. The van der Waals surface area contributed by atoms with E-state index >= 15 is 0 Å². The summed E-state index contributed by atoms with van der Waals surface area (Å²) in [6, 6.07) is 1.70. The number of hydrogen-bond donors (Lipinski definition) is 2. The lowest BCUT2D eigenvalue weighted by molar-refractivity contribution is 0.479. The van der Waals surface area contributed by atoms with E-state index in [2.05, 4.69) is 10.0 Å². The van der Waals surface area contributed by atoms with Gasteiger partial charge in [0.25, 0.3) is 0 Å². The highest BCUT2D eigenvalue weighted by molar-refractivity contribution is 7.89. The van der Waals surface area contributed by atoms with Crippen molar-refractivity contribution < 1.29 is 17.2 Å². The van der Waals surface area contributed by atoms with Crippen LogP contribution in [0.5, 0.6) is 0 Å². The molecule has 0 aliphatic carbocycles. The van der Waals surface area contributed by atoms with Crippen molar-refractivity contribution in [3.63, 3.8) is 0 Å². The van der Waals surface area contributed by atoms with Crippen molar-refractivity contribution in [2.24, 2.45) is 0 Å². The first kappa shape index (κ1) is 15.0. The number of halogens is 2. The van der Waals surface area contributed by atoms with Gasteiger partial charge in [0.1, 0.15) is 4.90 Å². The molecule has 102 valence electrons. The van der Waals surface area contributed by atoms with Gasteiger partial charge < -0.3 is 5.32 Å². The maximum absolute atomic E-state index is 13.6. The van der Waals surface area contributed by atoms with Gasteiger partial charge in [0.05, 0.1) is 0 Å². The average molecular weight is 278 g/mol. The molecule has 2 N–H and O–H groups in total. The zero-order valence-electron chi connectivity index (χ0n) is 10.4. The van der Waals surface area contributed by atoms with Gasteiger partial charge in [0.2, 0.25) is 10.0 Å². The van der Waals surface area contributed by atoms with Crippen LogP contribution in [0.15, 0.2) is 17.0 Å². The smallest absolute Gasteiger partial charge is 0.243 e. The molecule has 1 aromatic rings. The minimum absolute atomic E-state index is 0.251. The van der Waals surface area contributed by atoms with E-state index in [1.807, 2.05) is 0 Å². The molecule has 0 amide bonds. The van der Waals surface area contributed by atoms with Crippen LogP contribution < -0.4 is 10.0 Å². The van der Waals surface area contributed by atoms with Gasteiger partial charge in [-0.15, -0.1) is 0 Å². The van der Waals surface area contributed by atoms with Crippen LogP contribution in [0.3, 0.4) is 0 Å². The summed E-state index contributed by atoms with van der Waals surface area (Å²) >= 11 is 0. The first-order valence-electron chi connectivity index (χ1n) is 5.42. The summed E-state index contributed by atoms with van der Waals surface area (Å²) in [4.78, 5) is -0.665. The molecule has 0 saturated carbocycles. The van der Waals surface area contributed by atoms with Gasteiger partial charge in [-0.05, 0) is 38.6 Å². The normalized spacial score (nSPS) is 12.1. The average Bonchev–Trinajstić information content (AvgIpc) is 2.21. The summed E-state index contributed by atoms with van der Waals surface area (Å²) in [5.41, 5.74) is 0.362. The number of benzene rings is 1. The van der Waals surface area contributed by atoms with Crippen molar-refractivity contribution in [2.75, 3.05) is 7.05 Å². The van der Waals surface area contributed by atoms with Crippen LogP contribution in [0.1, 0.15) is 19.4 Å². The zero-order valence-corrected chi connectivity index (χ0v) is 11.2. The van der Waals surface area contributed by atoms with Gasteiger partial charge in [-0.1, -0.05) is 0 Å². The lowest BCUT2D eigenvalue weighted by atomic mass is 10.2. The fourth-order valence-corrected chi connectivity index (χ4v) is 2.88. The first-order valence-corrected chi connectivity index (χ1v) is 6.91. The third-order valence-corrected chi connectivity index (χ3v) is 3.77. The summed E-state index contributed by atoms with van der Waals surface area (Å²) in [6.07, 6.45) is 0. The molecule has 0 spiro atoms. The Morgan fingerprint density at radius 3 is 2.39 bits per heavy atom. The molecular formula is C11H16F2N2O2S. The fraction of sp³-hybridized carbons (Fsp3) is 0.455. The van der Waals surface area contributed by atoms with Gasteiger partial charge >= 0.3 is 0 Å². The molecule has 0 aliphatic heterocycles. The number of hydrogen-bond acceptors (Lipinski definition) is 3. The Balaban J connectivity index is 3.30. The Labute approximate surface area is 105 Å². The Hall–Kier alpha value is -1.05. The lowest BCUT2D eigenvalue weighted by Crippen LogP contribution is -2.31. The second kappa shape index (κ2) is 5.73. The van der Waals surface area contributed by atoms with Crippen LogP contribution in [0.2, 0.25) is 0 Å². The van der Waals surface area contributed by atoms with Crippen molar-refractivity contribution in [1.29, 1.82) is 0 Å². The summed E-state index contributed by atoms with van der Waals surface area (Å²) in [6.45, 7) is 3.45. The molecular weight excluding hydrogens is 262 g/mol. The van der Waals surface area contributed by atoms with Gasteiger partial charge in [-0.3, -0.25) is 0 Å². The van der Waals surface area contributed by atoms with Crippen molar-refractivity contribution in [3.8, 4) is 0 Å². The van der Waals surface area contributed by atoms with Crippen molar-refractivity contribution in [3.05, 3.63) is 29.3 Å². The minimum Gasteiger partial charge on any atom is -0.316 e. The molecule has 1 aromatic carbocycles.